The fourth-order valence-corrected chi connectivity index (χ4v) is 1.68. The summed E-state index contributed by atoms with van der Waals surface area (Å²) in [5.41, 5.74) is 1.70. The van der Waals surface area contributed by atoms with E-state index in [4.69, 9.17) is 0 Å². The maximum absolute atomic E-state index is 9.51. The zero-order chi connectivity index (χ0) is 10.3. The predicted octanol–water partition coefficient (Wildman–Crippen LogP) is 2.87. The van der Waals surface area contributed by atoms with Crippen molar-refractivity contribution in [3.63, 3.8) is 0 Å². The lowest BCUT2D eigenvalue weighted by Gasteiger charge is -2.08. The number of fused-ring (bicyclic) bond motifs is 1. The highest BCUT2D eigenvalue weighted by Crippen LogP contribution is 2.31. The van der Waals surface area contributed by atoms with Crippen molar-refractivity contribution >= 4 is 10.8 Å². The number of hydrogen-bond acceptors (Lipinski definition) is 2. The first-order chi connectivity index (χ1) is 6.61. The van der Waals surface area contributed by atoms with Gasteiger partial charge >= 0.3 is 0 Å². The van der Waals surface area contributed by atoms with Gasteiger partial charge in [-0.2, -0.15) is 0 Å². The first-order valence-electron chi connectivity index (χ1n) is 4.52. The Kier molecular flexibility index (Phi) is 1.84. The van der Waals surface area contributed by atoms with Crippen LogP contribution in [0.3, 0.4) is 0 Å². The number of rotatable bonds is 0. The van der Waals surface area contributed by atoms with Crippen LogP contribution in [-0.4, -0.2) is 10.2 Å². The molecule has 0 amide bonds. The molecule has 2 aromatic carbocycles. The van der Waals surface area contributed by atoms with Crippen LogP contribution in [0, 0.1) is 13.8 Å². The lowest BCUT2D eigenvalue weighted by atomic mass is 10.0. The van der Waals surface area contributed by atoms with Crippen LogP contribution < -0.4 is 0 Å². The van der Waals surface area contributed by atoms with Crippen molar-refractivity contribution in [3.05, 3.63) is 35.4 Å². The van der Waals surface area contributed by atoms with E-state index < -0.39 is 0 Å². The number of hydrogen-bond donors (Lipinski definition) is 2. The minimum atomic E-state index is 0.294. The molecule has 2 aromatic rings. The van der Waals surface area contributed by atoms with Gasteiger partial charge < -0.3 is 10.2 Å². The Hall–Kier alpha value is -1.70. The second kappa shape index (κ2) is 2.91. The number of benzene rings is 2. The quantitative estimate of drug-likeness (QED) is 0.667. The van der Waals surface area contributed by atoms with Gasteiger partial charge in [-0.15, -0.1) is 0 Å². The van der Waals surface area contributed by atoms with Gasteiger partial charge in [0.05, 0.1) is 0 Å². The third kappa shape index (κ3) is 1.11. The molecule has 0 bridgehead atoms. The number of phenolic OH excluding ortho intramolecular Hbond substituents is 2. The van der Waals surface area contributed by atoms with Crippen molar-refractivity contribution < 1.29 is 10.2 Å². The van der Waals surface area contributed by atoms with E-state index in [0.717, 1.165) is 21.9 Å². The summed E-state index contributed by atoms with van der Waals surface area (Å²) >= 11 is 0. The van der Waals surface area contributed by atoms with Gasteiger partial charge in [0.25, 0.3) is 0 Å². The maximum atomic E-state index is 9.51. The standard InChI is InChI=1S/C12H12O2/c1-7-9-3-6-12(14)8(2)10(9)4-5-11(7)13/h3-6,13-14H,1-2H3. The van der Waals surface area contributed by atoms with E-state index in [1.165, 1.54) is 0 Å². The average molecular weight is 188 g/mol. The molecule has 0 aliphatic carbocycles. The third-order valence-corrected chi connectivity index (χ3v) is 2.68. The second-order valence-corrected chi connectivity index (χ2v) is 3.51. The molecule has 0 spiro atoms. The van der Waals surface area contributed by atoms with E-state index >= 15 is 0 Å². The largest absolute Gasteiger partial charge is 0.508 e. The van der Waals surface area contributed by atoms with Crippen LogP contribution in [0.15, 0.2) is 24.3 Å². The molecule has 0 aliphatic heterocycles. The molecule has 14 heavy (non-hydrogen) atoms. The van der Waals surface area contributed by atoms with Crippen molar-refractivity contribution in [1.82, 2.24) is 0 Å². The van der Waals surface area contributed by atoms with E-state index in [9.17, 15) is 10.2 Å². The van der Waals surface area contributed by atoms with Crippen molar-refractivity contribution in [2.45, 2.75) is 13.8 Å². The van der Waals surface area contributed by atoms with E-state index in [1.54, 1.807) is 12.1 Å². The highest BCUT2D eigenvalue weighted by molar-refractivity contribution is 5.91. The van der Waals surface area contributed by atoms with Crippen LogP contribution in [0.5, 0.6) is 11.5 Å². The lowest BCUT2D eigenvalue weighted by Crippen LogP contribution is -1.83. The van der Waals surface area contributed by atoms with Crippen LogP contribution in [0.25, 0.3) is 10.8 Å². The van der Waals surface area contributed by atoms with Gasteiger partial charge in [0, 0.05) is 0 Å². The Balaban J connectivity index is 2.94. The molecule has 2 heteroatoms. The van der Waals surface area contributed by atoms with Gasteiger partial charge in [0.2, 0.25) is 0 Å². The minimum absolute atomic E-state index is 0.294. The van der Waals surface area contributed by atoms with E-state index in [1.807, 2.05) is 26.0 Å². The molecule has 0 heterocycles. The highest BCUT2D eigenvalue weighted by Gasteiger charge is 2.06. The van der Waals surface area contributed by atoms with Crippen LogP contribution in [0.2, 0.25) is 0 Å². The molecule has 0 fully saturated rings. The Labute approximate surface area is 82.4 Å². The van der Waals surface area contributed by atoms with Crippen LogP contribution in [0.1, 0.15) is 11.1 Å². The molecular formula is C12H12O2. The molecule has 0 saturated heterocycles. The van der Waals surface area contributed by atoms with Crippen molar-refractivity contribution in [3.8, 4) is 11.5 Å². The molecule has 2 N–H and O–H groups in total. The van der Waals surface area contributed by atoms with E-state index in [0.29, 0.717) is 11.5 Å². The number of aryl methyl sites for hydroxylation is 2. The fourth-order valence-electron chi connectivity index (χ4n) is 1.68. The Morgan fingerprint density at radius 1 is 0.714 bits per heavy atom. The molecule has 2 rings (SSSR count). The summed E-state index contributed by atoms with van der Waals surface area (Å²) in [4.78, 5) is 0. The maximum Gasteiger partial charge on any atom is 0.119 e. The van der Waals surface area contributed by atoms with Gasteiger partial charge in [-0.3, -0.25) is 0 Å². The third-order valence-electron chi connectivity index (χ3n) is 2.68. The van der Waals surface area contributed by atoms with Gasteiger partial charge in [-0.1, -0.05) is 12.1 Å². The molecule has 72 valence electrons. The molecule has 0 unspecified atom stereocenters. The van der Waals surface area contributed by atoms with Gasteiger partial charge in [0.15, 0.2) is 0 Å². The minimum Gasteiger partial charge on any atom is -0.508 e. The van der Waals surface area contributed by atoms with Crippen LogP contribution in [-0.2, 0) is 0 Å². The van der Waals surface area contributed by atoms with Crippen LogP contribution in [0.4, 0.5) is 0 Å². The summed E-state index contributed by atoms with van der Waals surface area (Å²) in [6.45, 7) is 3.74. The Bertz CT molecular complexity index is 454. The summed E-state index contributed by atoms with van der Waals surface area (Å²) in [5.74, 6) is 0.588. The molecule has 0 saturated carbocycles. The lowest BCUT2D eigenvalue weighted by molar-refractivity contribution is 0.470. The zero-order valence-corrected chi connectivity index (χ0v) is 8.20. The second-order valence-electron chi connectivity index (χ2n) is 3.51. The Morgan fingerprint density at radius 3 is 1.43 bits per heavy atom. The first kappa shape index (κ1) is 8.88. The molecule has 2 nitrogen and oxygen atoms in total. The molecule has 0 aliphatic rings. The van der Waals surface area contributed by atoms with E-state index in [2.05, 4.69) is 0 Å². The average Bonchev–Trinajstić information content (AvgIpc) is 2.17. The fraction of sp³-hybridized carbons (Fsp3) is 0.167. The Morgan fingerprint density at radius 2 is 1.07 bits per heavy atom. The van der Waals surface area contributed by atoms with E-state index in [-0.39, 0.29) is 0 Å². The van der Waals surface area contributed by atoms with Gasteiger partial charge in [-0.25, -0.2) is 0 Å². The van der Waals surface area contributed by atoms with Gasteiger partial charge in [0.1, 0.15) is 11.5 Å². The SMILES string of the molecule is Cc1c(O)ccc2c(C)c(O)ccc12. The normalized spacial score (nSPS) is 10.7. The van der Waals surface area contributed by atoms with Gasteiger partial charge in [-0.05, 0) is 47.9 Å². The zero-order valence-electron chi connectivity index (χ0n) is 8.20. The topological polar surface area (TPSA) is 40.5 Å². The summed E-state index contributed by atoms with van der Waals surface area (Å²) in [5, 5.41) is 21.0. The number of phenols is 2. The van der Waals surface area contributed by atoms with Crippen molar-refractivity contribution in [1.29, 1.82) is 0 Å². The highest BCUT2D eigenvalue weighted by atomic mass is 16.3. The van der Waals surface area contributed by atoms with Crippen molar-refractivity contribution in [2.24, 2.45) is 0 Å². The predicted molar refractivity (Wildman–Crippen MR) is 56.8 cm³/mol. The monoisotopic (exact) mass is 188 g/mol. The van der Waals surface area contributed by atoms with Crippen molar-refractivity contribution in [2.75, 3.05) is 0 Å². The summed E-state index contributed by atoms with van der Waals surface area (Å²) in [7, 11) is 0. The smallest absolute Gasteiger partial charge is 0.119 e. The summed E-state index contributed by atoms with van der Waals surface area (Å²) in [6, 6.07) is 6.97. The first-order valence-corrected chi connectivity index (χ1v) is 4.52. The molecule has 0 atom stereocenters. The number of aromatic hydroxyl groups is 2. The van der Waals surface area contributed by atoms with Crippen LogP contribution >= 0.6 is 0 Å². The summed E-state index contributed by atoms with van der Waals surface area (Å²) in [6.07, 6.45) is 0. The molecule has 0 radical (unpaired) electrons. The molecular weight excluding hydrogens is 176 g/mol. The molecule has 0 aromatic heterocycles. The summed E-state index contributed by atoms with van der Waals surface area (Å²) < 4.78 is 0.